The van der Waals surface area contributed by atoms with Gasteiger partial charge in [0.05, 0.1) is 0 Å². The van der Waals surface area contributed by atoms with Crippen LogP contribution in [-0.2, 0) is 0 Å². The van der Waals surface area contributed by atoms with Crippen LogP contribution in [0, 0.1) is 0 Å². The molecule has 1 aromatic heterocycles. The minimum Gasteiger partial charge on any atom is -0.265 e. The van der Waals surface area contributed by atoms with Crippen LogP contribution in [0.2, 0.25) is 0 Å². The van der Waals surface area contributed by atoms with Crippen LogP contribution in [-0.4, -0.2) is 4.98 Å². The van der Waals surface area contributed by atoms with Crippen molar-refractivity contribution in [2.24, 2.45) is 0 Å². The van der Waals surface area contributed by atoms with Crippen molar-refractivity contribution in [3.8, 4) is 0 Å². The maximum atomic E-state index is 4.01. The Hall–Kier alpha value is -1.11. The molecule has 0 radical (unpaired) electrons. The summed E-state index contributed by atoms with van der Waals surface area (Å²) in [6.45, 7) is 4.41. The zero-order valence-electron chi connectivity index (χ0n) is 8.40. The van der Waals surface area contributed by atoms with E-state index in [1.807, 2.05) is 12.4 Å². The van der Waals surface area contributed by atoms with Gasteiger partial charge in [-0.05, 0) is 36.5 Å². The van der Waals surface area contributed by atoms with E-state index >= 15 is 0 Å². The monoisotopic (exact) mass is 175 g/mol. The lowest BCUT2D eigenvalue weighted by atomic mass is 9.99. The SMILES string of the molecule is CC/C=C\CC(C)c1ccncc1. The molecule has 0 fully saturated rings. The predicted molar refractivity (Wildman–Crippen MR) is 56.7 cm³/mol. The predicted octanol–water partition coefficient (Wildman–Crippen LogP) is 3.54. The number of rotatable bonds is 4. The molecule has 0 aliphatic rings. The summed E-state index contributed by atoms with van der Waals surface area (Å²) in [5, 5.41) is 0. The molecule has 0 spiro atoms. The molecular weight excluding hydrogens is 158 g/mol. The summed E-state index contributed by atoms with van der Waals surface area (Å²) in [5.74, 6) is 0.603. The van der Waals surface area contributed by atoms with E-state index in [1.165, 1.54) is 5.56 Å². The maximum Gasteiger partial charge on any atom is 0.0270 e. The lowest BCUT2D eigenvalue weighted by Crippen LogP contribution is -1.91. The Bertz CT molecular complexity index is 251. The van der Waals surface area contributed by atoms with Crippen LogP contribution in [0.25, 0.3) is 0 Å². The third-order valence-electron chi connectivity index (χ3n) is 2.17. The van der Waals surface area contributed by atoms with Gasteiger partial charge in [0.1, 0.15) is 0 Å². The molecule has 0 saturated heterocycles. The zero-order chi connectivity index (χ0) is 9.52. The second-order valence-corrected chi connectivity index (χ2v) is 3.30. The van der Waals surface area contributed by atoms with Crippen molar-refractivity contribution in [3.63, 3.8) is 0 Å². The third-order valence-corrected chi connectivity index (χ3v) is 2.17. The molecule has 0 bridgehead atoms. The largest absolute Gasteiger partial charge is 0.265 e. The molecule has 0 aliphatic heterocycles. The summed E-state index contributed by atoms with van der Waals surface area (Å²) >= 11 is 0. The van der Waals surface area contributed by atoms with E-state index in [1.54, 1.807) is 0 Å². The van der Waals surface area contributed by atoms with Crippen LogP contribution in [0.1, 0.15) is 38.2 Å². The van der Waals surface area contributed by atoms with Gasteiger partial charge in [-0.3, -0.25) is 4.98 Å². The lowest BCUT2D eigenvalue weighted by Gasteiger charge is -2.07. The van der Waals surface area contributed by atoms with Crippen molar-refractivity contribution in [1.29, 1.82) is 0 Å². The van der Waals surface area contributed by atoms with Crippen molar-refractivity contribution in [2.75, 3.05) is 0 Å². The molecule has 70 valence electrons. The van der Waals surface area contributed by atoms with Gasteiger partial charge in [-0.25, -0.2) is 0 Å². The van der Waals surface area contributed by atoms with E-state index in [0.29, 0.717) is 5.92 Å². The Morgan fingerprint density at radius 3 is 2.62 bits per heavy atom. The van der Waals surface area contributed by atoms with Crippen LogP contribution < -0.4 is 0 Å². The highest BCUT2D eigenvalue weighted by Crippen LogP contribution is 2.17. The summed E-state index contributed by atoms with van der Waals surface area (Å²) in [6, 6.07) is 4.18. The third kappa shape index (κ3) is 3.41. The Labute approximate surface area is 80.5 Å². The molecule has 0 amide bonds. The molecule has 1 heteroatoms. The molecule has 1 rings (SSSR count). The van der Waals surface area contributed by atoms with E-state index in [2.05, 4.69) is 43.1 Å². The first kappa shape index (κ1) is 9.97. The van der Waals surface area contributed by atoms with Crippen LogP contribution in [0.15, 0.2) is 36.7 Å². The Morgan fingerprint density at radius 2 is 2.00 bits per heavy atom. The fourth-order valence-corrected chi connectivity index (χ4v) is 1.30. The summed E-state index contributed by atoms with van der Waals surface area (Å²) < 4.78 is 0. The number of aromatic nitrogens is 1. The fourth-order valence-electron chi connectivity index (χ4n) is 1.30. The molecule has 1 aromatic rings. The smallest absolute Gasteiger partial charge is 0.0270 e. The minimum absolute atomic E-state index is 0.603. The summed E-state index contributed by atoms with van der Waals surface area (Å²) in [4.78, 5) is 4.01. The van der Waals surface area contributed by atoms with Gasteiger partial charge in [0.15, 0.2) is 0 Å². The second-order valence-electron chi connectivity index (χ2n) is 3.30. The summed E-state index contributed by atoms with van der Waals surface area (Å²) in [5.41, 5.74) is 1.37. The van der Waals surface area contributed by atoms with Crippen molar-refractivity contribution < 1.29 is 0 Å². The number of nitrogens with zero attached hydrogens (tertiary/aromatic N) is 1. The Kier molecular flexibility index (Phi) is 4.24. The van der Waals surface area contributed by atoms with Crippen molar-refractivity contribution in [1.82, 2.24) is 4.98 Å². The zero-order valence-corrected chi connectivity index (χ0v) is 8.40. The lowest BCUT2D eigenvalue weighted by molar-refractivity contribution is 0.776. The molecule has 1 unspecified atom stereocenters. The molecule has 1 nitrogen and oxygen atoms in total. The van der Waals surface area contributed by atoms with Gasteiger partial charge in [-0.2, -0.15) is 0 Å². The van der Waals surface area contributed by atoms with E-state index in [0.717, 1.165) is 12.8 Å². The van der Waals surface area contributed by atoms with Gasteiger partial charge in [0.25, 0.3) is 0 Å². The Morgan fingerprint density at radius 1 is 1.31 bits per heavy atom. The summed E-state index contributed by atoms with van der Waals surface area (Å²) in [6.07, 6.45) is 10.4. The van der Waals surface area contributed by atoms with Crippen molar-refractivity contribution >= 4 is 0 Å². The van der Waals surface area contributed by atoms with Gasteiger partial charge >= 0.3 is 0 Å². The number of pyridine rings is 1. The van der Waals surface area contributed by atoms with Crippen LogP contribution in [0.4, 0.5) is 0 Å². The highest BCUT2D eigenvalue weighted by atomic mass is 14.6. The topological polar surface area (TPSA) is 12.9 Å². The van der Waals surface area contributed by atoms with Gasteiger partial charge in [-0.15, -0.1) is 0 Å². The van der Waals surface area contributed by atoms with E-state index in [9.17, 15) is 0 Å². The highest BCUT2D eigenvalue weighted by Gasteiger charge is 2.01. The van der Waals surface area contributed by atoms with Gasteiger partial charge in [0, 0.05) is 12.4 Å². The average molecular weight is 175 g/mol. The van der Waals surface area contributed by atoms with Crippen LogP contribution in [0.5, 0.6) is 0 Å². The molecule has 13 heavy (non-hydrogen) atoms. The number of allylic oxidation sites excluding steroid dienone is 2. The first-order valence-electron chi connectivity index (χ1n) is 4.89. The van der Waals surface area contributed by atoms with Gasteiger partial charge in [0.2, 0.25) is 0 Å². The first-order valence-corrected chi connectivity index (χ1v) is 4.89. The normalized spacial score (nSPS) is 13.4. The van der Waals surface area contributed by atoms with E-state index in [-0.39, 0.29) is 0 Å². The molecule has 0 aliphatic carbocycles. The van der Waals surface area contributed by atoms with Gasteiger partial charge in [-0.1, -0.05) is 26.0 Å². The van der Waals surface area contributed by atoms with Crippen molar-refractivity contribution in [2.45, 2.75) is 32.6 Å². The molecular formula is C12H17N. The molecule has 0 saturated carbocycles. The van der Waals surface area contributed by atoms with Gasteiger partial charge < -0.3 is 0 Å². The maximum absolute atomic E-state index is 4.01. The summed E-state index contributed by atoms with van der Waals surface area (Å²) in [7, 11) is 0. The molecule has 1 heterocycles. The molecule has 0 N–H and O–H groups in total. The molecule has 1 atom stereocenters. The highest BCUT2D eigenvalue weighted by molar-refractivity contribution is 5.15. The van der Waals surface area contributed by atoms with Crippen LogP contribution in [0.3, 0.4) is 0 Å². The number of hydrogen-bond acceptors (Lipinski definition) is 1. The molecule has 0 aromatic carbocycles. The van der Waals surface area contributed by atoms with Crippen molar-refractivity contribution in [3.05, 3.63) is 42.2 Å². The fraction of sp³-hybridized carbons (Fsp3) is 0.417. The Balaban J connectivity index is 2.49. The minimum atomic E-state index is 0.603. The quantitative estimate of drug-likeness (QED) is 0.638. The standard InChI is InChI=1S/C12H17N/c1-3-4-5-6-11(2)12-7-9-13-10-8-12/h4-5,7-11H,3,6H2,1-2H3/b5-4-. The van der Waals surface area contributed by atoms with E-state index < -0.39 is 0 Å². The average Bonchev–Trinajstić information content (AvgIpc) is 2.19. The first-order chi connectivity index (χ1) is 6.34. The number of hydrogen-bond donors (Lipinski definition) is 0. The van der Waals surface area contributed by atoms with E-state index in [4.69, 9.17) is 0 Å². The second kappa shape index (κ2) is 5.52. The van der Waals surface area contributed by atoms with Crippen LogP contribution >= 0.6 is 0 Å².